The fourth-order valence-electron chi connectivity index (χ4n) is 3.13. The molecule has 24 heavy (non-hydrogen) atoms. The zero-order valence-electron chi connectivity index (χ0n) is 16.7. The Labute approximate surface area is 148 Å². The second-order valence-electron chi connectivity index (χ2n) is 8.84. The lowest BCUT2D eigenvalue weighted by atomic mass is 9.82. The maximum Gasteiger partial charge on any atom is 0.319 e. The van der Waals surface area contributed by atoms with Gasteiger partial charge in [0.1, 0.15) is 0 Å². The molecule has 0 saturated carbocycles. The van der Waals surface area contributed by atoms with E-state index in [9.17, 15) is 9.59 Å². The number of nitrogens with one attached hydrogen (secondary N) is 1. The van der Waals surface area contributed by atoms with Crippen LogP contribution in [-0.2, 0) is 4.79 Å². The van der Waals surface area contributed by atoms with Gasteiger partial charge >= 0.3 is 6.03 Å². The van der Waals surface area contributed by atoms with E-state index in [1.807, 2.05) is 4.90 Å². The summed E-state index contributed by atoms with van der Waals surface area (Å²) >= 11 is 0. The van der Waals surface area contributed by atoms with E-state index in [1.165, 1.54) is 0 Å². The number of nitrogens with zero attached hydrogens (tertiary/aromatic N) is 2. The van der Waals surface area contributed by atoms with Gasteiger partial charge in [-0.25, -0.2) is 4.79 Å². The minimum Gasteiger partial charge on any atom is -0.353 e. The van der Waals surface area contributed by atoms with Gasteiger partial charge in [0.15, 0.2) is 0 Å². The molecule has 0 aromatic carbocycles. The van der Waals surface area contributed by atoms with Crippen LogP contribution in [0.3, 0.4) is 0 Å². The predicted octanol–water partition coefficient (Wildman–Crippen LogP) is 3.35. The van der Waals surface area contributed by atoms with Crippen molar-refractivity contribution in [1.82, 2.24) is 15.1 Å². The lowest BCUT2D eigenvalue weighted by Crippen LogP contribution is -2.50. The SMILES string of the molecule is CC(C)CC[C@@H](NC(=O)C1CCN(C(=O)N(C)C)CC1)C(C)(C)C. The Morgan fingerprint density at radius 2 is 1.67 bits per heavy atom. The number of urea groups is 1. The van der Waals surface area contributed by atoms with E-state index in [0.29, 0.717) is 19.0 Å². The molecule has 1 rings (SSSR count). The molecule has 1 fully saturated rings. The zero-order valence-corrected chi connectivity index (χ0v) is 16.7. The van der Waals surface area contributed by atoms with Crippen LogP contribution in [0.2, 0.25) is 0 Å². The summed E-state index contributed by atoms with van der Waals surface area (Å²) in [6.45, 7) is 12.4. The van der Waals surface area contributed by atoms with E-state index in [4.69, 9.17) is 0 Å². The van der Waals surface area contributed by atoms with Gasteiger partial charge < -0.3 is 15.1 Å². The van der Waals surface area contributed by atoms with Crippen LogP contribution in [0.25, 0.3) is 0 Å². The van der Waals surface area contributed by atoms with Gasteiger partial charge in [-0.15, -0.1) is 0 Å². The van der Waals surface area contributed by atoms with Gasteiger partial charge in [0.25, 0.3) is 0 Å². The van der Waals surface area contributed by atoms with Crippen molar-refractivity contribution < 1.29 is 9.59 Å². The largest absolute Gasteiger partial charge is 0.353 e. The normalized spacial score (nSPS) is 17.8. The van der Waals surface area contributed by atoms with Crippen LogP contribution in [0.1, 0.15) is 60.3 Å². The molecule has 140 valence electrons. The molecule has 5 nitrogen and oxygen atoms in total. The van der Waals surface area contributed by atoms with Crippen molar-refractivity contribution in [1.29, 1.82) is 0 Å². The first kappa shape index (κ1) is 20.8. The molecule has 0 unspecified atom stereocenters. The molecule has 0 bridgehead atoms. The zero-order chi connectivity index (χ0) is 18.5. The van der Waals surface area contributed by atoms with Gasteiger partial charge in [0.05, 0.1) is 0 Å². The maximum atomic E-state index is 12.7. The van der Waals surface area contributed by atoms with Crippen LogP contribution in [0.4, 0.5) is 4.79 Å². The van der Waals surface area contributed by atoms with Crippen LogP contribution in [-0.4, -0.2) is 55.0 Å². The van der Waals surface area contributed by atoms with Crippen LogP contribution < -0.4 is 5.32 Å². The molecule has 1 heterocycles. The van der Waals surface area contributed by atoms with E-state index in [0.717, 1.165) is 25.7 Å². The van der Waals surface area contributed by atoms with Crippen LogP contribution >= 0.6 is 0 Å². The summed E-state index contributed by atoms with van der Waals surface area (Å²) in [6, 6.07) is 0.243. The molecule has 0 spiro atoms. The Morgan fingerprint density at radius 1 is 1.12 bits per heavy atom. The molecule has 0 radical (unpaired) electrons. The molecule has 1 saturated heterocycles. The molecule has 0 aliphatic carbocycles. The predicted molar refractivity (Wildman–Crippen MR) is 98.8 cm³/mol. The third-order valence-corrected chi connectivity index (χ3v) is 4.91. The first-order valence-corrected chi connectivity index (χ1v) is 9.29. The van der Waals surface area contributed by atoms with Crippen molar-refractivity contribution >= 4 is 11.9 Å². The summed E-state index contributed by atoms with van der Waals surface area (Å²) in [5.41, 5.74) is 0.0616. The molecule has 1 aliphatic heterocycles. The first-order chi connectivity index (χ1) is 11.0. The summed E-state index contributed by atoms with van der Waals surface area (Å²) in [6.07, 6.45) is 3.65. The Hall–Kier alpha value is -1.26. The van der Waals surface area contributed by atoms with Gasteiger partial charge in [0.2, 0.25) is 5.91 Å². The van der Waals surface area contributed by atoms with Crippen LogP contribution in [0.5, 0.6) is 0 Å². The van der Waals surface area contributed by atoms with Gasteiger partial charge in [-0.3, -0.25) is 4.79 Å². The molecular weight excluding hydrogens is 302 g/mol. The fourth-order valence-corrected chi connectivity index (χ4v) is 3.13. The first-order valence-electron chi connectivity index (χ1n) is 9.29. The number of carbonyl (C=O) groups is 2. The smallest absolute Gasteiger partial charge is 0.319 e. The van der Waals surface area contributed by atoms with Crippen molar-refractivity contribution in [2.75, 3.05) is 27.2 Å². The number of likely N-dealkylation sites (tertiary alicyclic amines) is 1. The summed E-state index contributed by atoms with van der Waals surface area (Å²) in [4.78, 5) is 28.1. The highest BCUT2D eigenvalue weighted by Gasteiger charge is 2.32. The summed E-state index contributed by atoms with van der Waals surface area (Å²) < 4.78 is 0. The molecule has 1 N–H and O–H groups in total. The van der Waals surface area contributed by atoms with Crippen LogP contribution in [0, 0.1) is 17.3 Å². The summed E-state index contributed by atoms with van der Waals surface area (Å²) in [7, 11) is 3.54. The molecule has 0 aromatic rings. The molecular formula is C19H37N3O2. The number of hydrogen-bond donors (Lipinski definition) is 1. The van der Waals surface area contributed by atoms with Crippen molar-refractivity contribution in [3.8, 4) is 0 Å². The molecule has 3 amide bonds. The monoisotopic (exact) mass is 339 g/mol. The number of carbonyl (C=O) groups excluding carboxylic acids is 2. The van der Waals surface area contributed by atoms with Gasteiger partial charge in [-0.05, 0) is 37.0 Å². The Morgan fingerprint density at radius 3 is 2.08 bits per heavy atom. The Bertz CT molecular complexity index is 419. The number of hydrogen-bond acceptors (Lipinski definition) is 2. The molecule has 1 aliphatic rings. The van der Waals surface area contributed by atoms with E-state index in [1.54, 1.807) is 19.0 Å². The molecule has 5 heteroatoms. The summed E-state index contributed by atoms with van der Waals surface area (Å²) in [5.74, 6) is 0.836. The van der Waals surface area contributed by atoms with Crippen LogP contribution in [0.15, 0.2) is 0 Å². The average Bonchev–Trinajstić information content (AvgIpc) is 2.49. The molecule has 1 atom stereocenters. The highest BCUT2D eigenvalue weighted by molar-refractivity contribution is 5.80. The second kappa shape index (κ2) is 8.72. The number of piperidine rings is 1. The third kappa shape index (κ3) is 6.33. The second-order valence-corrected chi connectivity index (χ2v) is 8.84. The number of rotatable bonds is 5. The van der Waals surface area contributed by atoms with Gasteiger partial charge in [0, 0.05) is 39.1 Å². The maximum absolute atomic E-state index is 12.7. The van der Waals surface area contributed by atoms with E-state index < -0.39 is 0 Å². The lowest BCUT2D eigenvalue weighted by molar-refractivity contribution is -0.127. The van der Waals surface area contributed by atoms with E-state index >= 15 is 0 Å². The topological polar surface area (TPSA) is 52.7 Å². The van der Waals surface area contributed by atoms with Crippen molar-refractivity contribution in [2.24, 2.45) is 17.3 Å². The lowest BCUT2D eigenvalue weighted by Gasteiger charge is -2.36. The minimum absolute atomic E-state index is 0.0279. The standard InChI is InChI=1S/C19H37N3O2/c1-14(2)8-9-16(19(3,4)5)20-17(23)15-10-12-22(13-11-15)18(24)21(6)7/h14-16H,8-13H2,1-7H3,(H,20,23)/t16-/m1/s1. The average molecular weight is 340 g/mol. The minimum atomic E-state index is 0.0279. The van der Waals surface area contributed by atoms with Crippen molar-refractivity contribution in [3.05, 3.63) is 0 Å². The number of amides is 3. The summed E-state index contributed by atoms with van der Waals surface area (Å²) in [5, 5.41) is 3.30. The fraction of sp³-hybridized carbons (Fsp3) is 0.895. The van der Waals surface area contributed by atoms with Gasteiger partial charge in [-0.2, -0.15) is 0 Å². The highest BCUT2D eigenvalue weighted by Crippen LogP contribution is 2.26. The van der Waals surface area contributed by atoms with E-state index in [-0.39, 0.29) is 29.3 Å². The Kier molecular flexibility index (Phi) is 7.56. The highest BCUT2D eigenvalue weighted by atomic mass is 16.2. The Balaban J connectivity index is 2.56. The van der Waals surface area contributed by atoms with Crippen molar-refractivity contribution in [2.45, 2.75) is 66.3 Å². The van der Waals surface area contributed by atoms with Gasteiger partial charge in [-0.1, -0.05) is 34.6 Å². The molecule has 0 aromatic heterocycles. The quantitative estimate of drug-likeness (QED) is 0.835. The van der Waals surface area contributed by atoms with E-state index in [2.05, 4.69) is 39.9 Å². The third-order valence-electron chi connectivity index (χ3n) is 4.91. The van der Waals surface area contributed by atoms with Crippen molar-refractivity contribution in [3.63, 3.8) is 0 Å².